The summed E-state index contributed by atoms with van der Waals surface area (Å²) in [6.45, 7) is 1.89. The van der Waals surface area contributed by atoms with Crippen LogP contribution in [0.1, 0.15) is 29.1 Å². The number of alkyl halides is 3. The highest BCUT2D eigenvalue weighted by atomic mass is 19.4. The number of amides is 1. The Bertz CT molecular complexity index is 623. The number of hydrogen-bond donors (Lipinski definition) is 2. The van der Waals surface area contributed by atoms with E-state index in [0.29, 0.717) is 6.42 Å². The van der Waals surface area contributed by atoms with Gasteiger partial charge in [0.25, 0.3) is 5.91 Å². The van der Waals surface area contributed by atoms with Gasteiger partial charge in [-0.3, -0.25) is 9.89 Å². The highest BCUT2D eigenvalue weighted by molar-refractivity contribution is 6.00. The van der Waals surface area contributed by atoms with Crippen molar-refractivity contribution in [3.05, 3.63) is 35.5 Å². The van der Waals surface area contributed by atoms with Crippen LogP contribution in [-0.4, -0.2) is 26.1 Å². The maximum absolute atomic E-state index is 12.3. The van der Waals surface area contributed by atoms with Gasteiger partial charge in [0.05, 0.1) is 0 Å². The van der Waals surface area contributed by atoms with Crippen LogP contribution in [0.4, 0.5) is 19.0 Å². The van der Waals surface area contributed by atoms with E-state index in [4.69, 9.17) is 0 Å². The van der Waals surface area contributed by atoms with Gasteiger partial charge < -0.3 is 5.32 Å². The molecule has 2 N–H and O–H groups in total. The molecule has 0 aliphatic heterocycles. The first kappa shape index (κ1) is 14.0. The van der Waals surface area contributed by atoms with E-state index >= 15 is 0 Å². The second-order valence-corrected chi connectivity index (χ2v) is 3.83. The number of aromatic amines is 1. The lowest BCUT2D eigenvalue weighted by molar-refractivity contribution is -0.144. The second kappa shape index (κ2) is 5.27. The molecule has 6 nitrogen and oxygen atoms in total. The Labute approximate surface area is 111 Å². The van der Waals surface area contributed by atoms with Gasteiger partial charge in [-0.25, -0.2) is 4.98 Å². The van der Waals surface area contributed by atoms with E-state index in [0.717, 1.165) is 5.69 Å². The molecule has 0 saturated heterocycles. The Balaban J connectivity index is 2.13. The van der Waals surface area contributed by atoms with E-state index in [9.17, 15) is 18.0 Å². The van der Waals surface area contributed by atoms with Crippen molar-refractivity contribution in [2.75, 3.05) is 5.32 Å². The predicted octanol–water partition coefficient (Wildman–Crippen LogP) is 2.03. The van der Waals surface area contributed by atoms with Crippen molar-refractivity contribution >= 4 is 11.7 Å². The average Bonchev–Trinajstić information content (AvgIpc) is 2.88. The zero-order valence-electron chi connectivity index (χ0n) is 10.3. The van der Waals surface area contributed by atoms with Crippen LogP contribution in [0.15, 0.2) is 18.2 Å². The minimum Gasteiger partial charge on any atom is -0.304 e. The smallest absolute Gasteiger partial charge is 0.304 e. The molecule has 2 aromatic rings. The van der Waals surface area contributed by atoms with Gasteiger partial charge in [0.15, 0.2) is 0 Å². The fraction of sp³-hybridized carbons (Fsp3) is 0.273. The molecule has 0 spiro atoms. The van der Waals surface area contributed by atoms with Gasteiger partial charge >= 0.3 is 6.18 Å². The molecular formula is C11H10F3N5O. The molecule has 0 bridgehead atoms. The molecule has 0 unspecified atom stereocenters. The molecule has 0 aromatic carbocycles. The average molecular weight is 285 g/mol. The third kappa shape index (κ3) is 3.11. The Hall–Kier alpha value is -2.45. The van der Waals surface area contributed by atoms with Gasteiger partial charge in [0.1, 0.15) is 5.82 Å². The summed E-state index contributed by atoms with van der Waals surface area (Å²) >= 11 is 0. The van der Waals surface area contributed by atoms with E-state index in [1.165, 1.54) is 6.07 Å². The van der Waals surface area contributed by atoms with Crippen LogP contribution in [0.2, 0.25) is 0 Å². The fourth-order valence-corrected chi connectivity index (χ4v) is 1.41. The number of nitrogens with one attached hydrogen (secondary N) is 2. The first-order valence-corrected chi connectivity index (χ1v) is 5.67. The Morgan fingerprint density at radius 3 is 2.70 bits per heavy atom. The lowest BCUT2D eigenvalue weighted by atomic mass is 10.3. The van der Waals surface area contributed by atoms with Crippen molar-refractivity contribution in [2.45, 2.75) is 19.5 Å². The fourth-order valence-electron chi connectivity index (χ4n) is 1.41. The summed E-state index contributed by atoms with van der Waals surface area (Å²) in [5, 5.41) is 7.23. The van der Waals surface area contributed by atoms with Gasteiger partial charge in [-0.15, -0.1) is 5.10 Å². The topological polar surface area (TPSA) is 83.6 Å². The quantitative estimate of drug-likeness (QED) is 0.903. The molecule has 2 rings (SSSR count). The van der Waals surface area contributed by atoms with E-state index in [1.54, 1.807) is 17.2 Å². The van der Waals surface area contributed by atoms with E-state index in [-0.39, 0.29) is 5.82 Å². The molecule has 20 heavy (non-hydrogen) atoms. The van der Waals surface area contributed by atoms with Crippen molar-refractivity contribution in [3.63, 3.8) is 0 Å². The van der Waals surface area contributed by atoms with E-state index in [2.05, 4.69) is 20.4 Å². The van der Waals surface area contributed by atoms with Crippen molar-refractivity contribution in [2.24, 2.45) is 0 Å². The van der Waals surface area contributed by atoms with Gasteiger partial charge in [0.2, 0.25) is 11.6 Å². The van der Waals surface area contributed by atoms with Crippen LogP contribution in [0.3, 0.4) is 0 Å². The highest BCUT2D eigenvalue weighted by Crippen LogP contribution is 2.25. The Kier molecular flexibility index (Phi) is 3.68. The van der Waals surface area contributed by atoms with Gasteiger partial charge in [-0.1, -0.05) is 13.0 Å². The van der Waals surface area contributed by atoms with Gasteiger partial charge in [-0.05, 0) is 18.6 Å². The first-order chi connectivity index (χ1) is 9.40. The molecule has 2 aromatic heterocycles. The monoisotopic (exact) mass is 285 g/mol. The standard InChI is InChI=1S/C11H10F3N5O/c1-2-6-4-3-5-7(15-6)16-9(20)8-17-10(19-18-8)11(12,13)14/h3-5H,2H2,1H3,(H,15,16,20)(H,17,18,19). The van der Waals surface area contributed by atoms with Crippen LogP contribution in [-0.2, 0) is 12.6 Å². The number of H-pyrrole nitrogens is 1. The lowest BCUT2D eigenvalue weighted by Crippen LogP contribution is -2.15. The number of carbonyl (C=O) groups is 1. The van der Waals surface area contributed by atoms with Crippen molar-refractivity contribution in [1.29, 1.82) is 0 Å². The van der Waals surface area contributed by atoms with Crippen molar-refractivity contribution in [3.8, 4) is 0 Å². The van der Waals surface area contributed by atoms with Gasteiger partial charge in [-0.2, -0.15) is 18.2 Å². The normalized spacial score (nSPS) is 11.4. The molecule has 0 radical (unpaired) electrons. The summed E-state index contributed by atoms with van der Waals surface area (Å²) in [7, 11) is 0. The largest absolute Gasteiger partial charge is 0.451 e. The van der Waals surface area contributed by atoms with Crippen molar-refractivity contribution < 1.29 is 18.0 Å². The Morgan fingerprint density at radius 2 is 2.10 bits per heavy atom. The Morgan fingerprint density at radius 1 is 1.35 bits per heavy atom. The predicted molar refractivity (Wildman–Crippen MR) is 63.0 cm³/mol. The zero-order chi connectivity index (χ0) is 14.8. The zero-order valence-corrected chi connectivity index (χ0v) is 10.3. The minimum absolute atomic E-state index is 0.229. The molecular weight excluding hydrogens is 275 g/mol. The molecule has 2 heterocycles. The van der Waals surface area contributed by atoms with Crippen LogP contribution in [0.25, 0.3) is 0 Å². The van der Waals surface area contributed by atoms with Crippen LogP contribution < -0.4 is 5.32 Å². The minimum atomic E-state index is -4.67. The van der Waals surface area contributed by atoms with Crippen LogP contribution >= 0.6 is 0 Å². The molecule has 106 valence electrons. The summed E-state index contributed by atoms with van der Waals surface area (Å²) in [6.07, 6.45) is -4.01. The second-order valence-electron chi connectivity index (χ2n) is 3.83. The molecule has 0 aliphatic carbocycles. The lowest BCUT2D eigenvalue weighted by Gasteiger charge is -2.03. The number of anilines is 1. The van der Waals surface area contributed by atoms with Crippen LogP contribution in [0, 0.1) is 0 Å². The van der Waals surface area contributed by atoms with Crippen molar-refractivity contribution in [1.82, 2.24) is 20.2 Å². The summed E-state index contributed by atoms with van der Waals surface area (Å²) in [5.41, 5.74) is 0.744. The number of rotatable bonds is 3. The van der Waals surface area contributed by atoms with E-state index < -0.39 is 23.7 Å². The van der Waals surface area contributed by atoms with Crippen LogP contribution in [0.5, 0.6) is 0 Å². The summed E-state index contributed by atoms with van der Waals surface area (Å²) in [6, 6.07) is 4.97. The number of aryl methyl sites for hydroxylation is 1. The number of nitrogens with zero attached hydrogens (tertiary/aromatic N) is 3. The number of halogens is 3. The molecule has 0 atom stereocenters. The number of pyridine rings is 1. The maximum Gasteiger partial charge on any atom is 0.451 e. The number of aromatic nitrogens is 4. The molecule has 1 amide bonds. The summed E-state index contributed by atoms with van der Waals surface area (Å²) < 4.78 is 36.9. The molecule has 0 fully saturated rings. The molecule has 9 heteroatoms. The molecule has 0 saturated carbocycles. The third-order valence-electron chi connectivity index (χ3n) is 2.37. The first-order valence-electron chi connectivity index (χ1n) is 5.67. The number of hydrogen-bond acceptors (Lipinski definition) is 4. The van der Waals surface area contributed by atoms with Gasteiger partial charge in [0, 0.05) is 5.69 Å². The SMILES string of the molecule is CCc1cccc(NC(=O)c2n[nH]c(C(F)(F)F)n2)n1. The summed E-state index contributed by atoms with van der Waals surface area (Å²) in [4.78, 5) is 18.9. The summed E-state index contributed by atoms with van der Waals surface area (Å²) in [5.74, 6) is -2.55. The third-order valence-corrected chi connectivity index (χ3v) is 2.37. The highest BCUT2D eigenvalue weighted by Gasteiger charge is 2.36. The maximum atomic E-state index is 12.3. The molecule has 0 aliphatic rings. The number of carbonyl (C=O) groups excluding carboxylic acids is 1. The van der Waals surface area contributed by atoms with E-state index in [1.807, 2.05) is 6.92 Å².